The van der Waals surface area contributed by atoms with Crippen molar-refractivity contribution in [3.05, 3.63) is 65.9 Å². The van der Waals surface area contributed by atoms with Crippen molar-refractivity contribution in [1.29, 1.82) is 0 Å². The van der Waals surface area contributed by atoms with Crippen LogP contribution in [0.2, 0.25) is 0 Å². The van der Waals surface area contributed by atoms with Crippen LogP contribution < -0.4 is 0 Å². The van der Waals surface area contributed by atoms with Crippen molar-refractivity contribution in [1.82, 2.24) is 0 Å². The number of benzene rings is 4. The Morgan fingerprint density at radius 1 is 0.955 bits per heavy atom. The van der Waals surface area contributed by atoms with Gasteiger partial charge in [-0.3, -0.25) is 0 Å². The normalized spacial score (nSPS) is 11.7. The first kappa shape index (κ1) is 13.0. The van der Waals surface area contributed by atoms with Gasteiger partial charge in [0.05, 0.1) is 5.76 Å². The average Bonchev–Trinajstić information content (AvgIpc) is 2.48. The number of hydrogen-bond acceptors (Lipinski definition) is 2. The molecule has 2 nitrogen and oxygen atoms in total. The van der Waals surface area contributed by atoms with Crippen molar-refractivity contribution in [2.45, 2.75) is 13.3 Å². The minimum Gasteiger partial charge on any atom is -0.513 e. The predicted molar refractivity (Wildman–Crippen MR) is 92.0 cm³/mol. The molecule has 22 heavy (non-hydrogen) atoms. The van der Waals surface area contributed by atoms with Crippen LogP contribution in [0.3, 0.4) is 0 Å². The average molecular weight is 288 g/mol. The molecule has 0 heterocycles. The van der Waals surface area contributed by atoms with Crippen LogP contribution >= 0.6 is 0 Å². The molecule has 0 aliphatic heterocycles. The van der Waals surface area contributed by atoms with Crippen molar-refractivity contribution in [3.8, 4) is 5.75 Å². The molecule has 0 bridgehead atoms. The van der Waals surface area contributed by atoms with Gasteiger partial charge in [-0.1, -0.05) is 36.9 Å². The molecule has 0 fully saturated rings. The lowest BCUT2D eigenvalue weighted by Gasteiger charge is -2.16. The molecule has 0 spiro atoms. The van der Waals surface area contributed by atoms with E-state index in [1.807, 2.05) is 6.07 Å². The smallest absolute Gasteiger partial charge is 0.123 e. The Hall–Kier alpha value is -2.74. The lowest BCUT2D eigenvalue weighted by Crippen LogP contribution is -1.93. The lowest BCUT2D eigenvalue weighted by molar-refractivity contribution is 0.402. The molecule has 0 saturated carbocycles. The summed E-state index contributed by atoms with van der Waals surface area (Å²) in [6.07, 6.45) is 0.348. The van der Waals surface area contributed by atoms with E-state index in [9.17, 15) is 10.2 Å². The summed E-state index contributed by atoms with van der Waals surface area (Å²) in [5.41, 5.74) is 2.12. The van der Waals surface area contributed by atoms with Gasteiger partial charge in [-0.15, -0.1) is 0 Å². The van der Waals surface area contributed by atoms with Gasteiger partial charge in [0.25, 0.3) is 0 Å². The third kappa shape index (κ3) is 1.67. The number of allylic oxidation sites excluding steroid dienone is 1. The topological polar surface area (TPSA) is 40.5 Å². The van der Waals surface area contributed by atoms with Gasteiger partial charge in [-0.05, 0) is 51.7 Å². The lowest BCUT2D eigenvalue weighted by atomic mass is 9.89. The molecular formula is C20H16O2. The molecular weight excluding hydrogens is 272 g/mol. The van der Waals surface area contributed by atoms with Crippen molar-refractivity contribution in [2.75, 3.05) is 0 Å². The Balaban J connectivity index is 2.28. The molecule has 0 radical (unpaired) electrons. The monoisotopic (exact) mass is 288 g/mol. The third-order valence-electron chi connectivity index (χ3n) is 4.46. The van der Waals surface area contributed by atoms with Crippen LogP contribution in [-0.2, 0) is 6.42 Å². The van der Waals surface area contributed by atoms with Crippen molar-refractivity contribution < 1.29 is 10.2 Å². The van der Waals surface area contributed by atoms with Gasteiger partial charge in [0.15, 0.2) is 0 Å². The van der Waals surface area contributed by atoms with E-state index in [0.29, 0.717) is 6.42 Å². The van der Waals surface area contributed by atoms with Gasteiger partial charge >= 0.3 is 0 Å². The third-order valence-corrected chi connectivity index (χ3v) is 4.46. The molecule has 4 aromatic rings. The summed E-state index contributed by atoms with van der Waals surface area (Å²) in [7, 11) is 0. The SMILES string of the molecule is C=C(O)Cc1cc(O)c2ccc3c(C)ccc4ccc1c2c43. The van der Waals surface area contributed by atoms with E-state index in [-0.39, 0.29) is 11.5 Å². The summed E-state index contributed by atoms with van der Waals surface area (Å²) in [6.45, 7) is 5.68. The first-order valence-electron chi connectivity index (χ1n) is 7.32. The Bertz CT molecular complexity index is 1040. The molecule has 0 saturated heterocycles. The van der Waals surface area contributed by atoms with Crippen molar-refractivity contribution >= 4 is 32.3 Å². The fourth-order valence-electron chi connectivity index (χ4n) is 3.46. The highest BCUT2D eigenvalue weighted by molar-refractivity contribution is 6.25. The number of aliphatic hydroxyl groups is 1. The number of hydrogen-bond donors (Lipinski definition) is 2. The van der Waals surface area contributed by atoms with Crippen molar-refractivity contribution in [3.63, 3.8) is 0 Å². The maximum absolute atomic E-state index is 10.4. The second-order valence-corrected chi connectivity index (χ2v) is 5.93. The molecule has 0 aliphatic carbocycles. The van der Waals surface area contributed by atoms with Crippen LogP contribution in [0.15, 0.2) is 54.8 Å². The van der Waals surface area contributed by atoms with Gasteiger partial charge in [0.1, 0.15) is 5.75 Å². The summed E-state index contributed by atoms with van der Waals surface area (Å²) in [4.78, 5) is 0. The molecule has 108 valence electrons. The van der Waals surface area contributed by atoms with E-state index in [1.165, 1.54) is 16.3 Å². The van der Waals surface area contributed by atoms with Crippen LogP contribution in [0.5, 0.6) is 5.75 Å². The first-order valence-corrected chi connectivity index (χ1v) is 7.32. The van der Waals surface area contributed by atoms with Gasteiger partial charge in [0.2, 0.25) is 0 Å². The Morgan fingerprint density at radius 2 is 1.64 bits per heavy atom. The molecule has 0 atom stereocenters. The van der Waals surface area contributed by atoms with Crippen LogP contribution in [-0.4, -0.2) is 10.2 Å². The standard InChI is InChI=1S/C20H16O2/c1-11-3-4-13-5-6-16-14(9-12(2)21)10-18(22)17-8-7-15(11)19(13)20(16)17/h3-8,10,21-22H,2,9H2,1H3. The molecule has 0 aliphatic rings. The Kier molecular flexibility index (Phi) is 2.58. The summed E-state index contributed by atoms with van der Waals surface area (Å²) in [5, 5.41) is 26.5. The van der Waals surface area contributed by atoms with Crippen LogP contribution in [0.4, 0.5) is 0 Å². The second kappa shape index (κ2) is 4.38. The van der Waals surface area contributed by atoms with Gasteiger partial charge in [0, 0.05) is 17.2 Å². The predicted octanol–water partition coefficient (Wildman–Crippen LogP) is 5.21. The van der Waals surface area contributed by atoms with Gasteiger partial charge in [-0.2, -0.15) is 0 Å². The quantitative estimate of drug-likeness (QED) is 0.392. The first-order chi connectivity index (χ1) is 10.6. The van der Waals surface area contributed by atoms with E-state index >= 15 is 0 Å². The van der Waals surface area contributed by atoms with E-state index in [4.69, 9.17) is 0 Å². The largest absolute Gasteiger partial charge is 0.513 e. The van der Waals surface area contributed by atoms with Crippen molar-refractivity contribution in [2.24, 2.45) is 0 Å². The van der Waals surface area contributed by atoms with Crippen LogP contribution in [0.1, 0.15) is 11.1 Å². The highest BCUT2D eigenvalue weighted by Crippen LogP contribution is 2.41. The second-order valence-electron chi connectivity index (χ2n) is 5.93. The van der Waals surface area contributed by atoms with E-state index in [0.717, 1.165) is 27.1 Å². The molecule has 0 aromatic heterocycles. The maximum Gasteiger partial charge on any atom is 0.123 e. The Morgan fingerprint density at radius 3 is 2.41 bits per heavy atom. The molecule has 0 unspecified atom stereocenters. The molecule has 2 heteroatoms. The summed E-state index contributed by atoms with van der Waals surface area (Å²) in [5.74, 6) is 0.352. The fraction of sp³-hybridized carbons (Fsp3) is 0.100. The highest BCUT2D eigenvalue weighted by Gasteiger charge is 2.15. The summed E-state index contributed by atoms with van der Waals surface area (Å²) < 4.78 is 0. The zero-order chi connectivity index (χ0) is 15.4. The number of rotatable bonds is 2. The molecule has 2 N–H and O–H groups in total. The van der Waals surface area contributed by atoms with Crippen LogP contribution in [0, 0.1) is 6.92 Å². The summed E-state index contributed by atoms with van der Waals surface area (Å²) in [6, 6.07) is 14.2. The zero-order valence-corrected chi connectivity index (χ0v) is 12.4. The van der Waals surface area contributed by atoms with E-state index < -0.39 is 0 Å². The summed E-state index contributed by atoms with van der Waals surface area (Å²) >= 11 is 0. The number of aromatic hydroxyl groups is 1. The zero-order valence-electron chi connectivity index (χ0n) is 12.4. The molecule has 4 rings (SSSR count). The fourth-order valence-corrected chi connectivity index (χ4v) is 3.46. The van der Waals surface area contributed by atoms with Crippen LogP contribution in [0.25, 0.3) is 32.3 Å². The van der Waals surface area contributed by atoms with Gasteiger partial charge < -0.3 is 10.2 Å². The van der Waals surface area contributed by atoms with E-state index in [2.05, 4.69) is 43.8 Å². The van der Waals surface area contributed by atoms with E-state index in [1.54, 1.807) is 6.07 Å². The van der Waals surface area contributed by atoms with Gasteiger partial charge in [-0.25, -0.2) is 0 Å². The number of phenols is 1. The molecule has 4 aromatic carbocycles. The highest BCUT2D eigenvalue weighted by atomic mass is 16.3. The maximum atomic E-state index is 10.4. The molecule has 0 amide bonds. The number of phenolic OH excluding ortho intramolecular Hbond substituents is 1. The number of aryl methyl sites for hydroxylation is 1. The minimum atomic E-state index is 0.102. The number of aliphatic hydroxyl groups excluding tert-OH is 1. The Labute approximate surface area is 128 Å². The minimum absolute atomic E-state index is 0.102.